The molecule has 0 atom stereocenters. The van der Waals surface area contributed by atoms with E-state index in [1.807, 2.05) is 91.0 Å². The van der Waals surface area contributed by atoms with Crippen LogP contribution in [0.3, 0.4) is 0 Å². The summed E-state index contributed by atoms with van der Waals surface area (Å²) in [6.45, 7) is 0.419. The van der Waals surface area contributed by atoms with Gasteiger partial charge in [-0.2, -0.15) is 5.10 Å². The second-order valence-electron chi connectivity index (χ2n) is 6.22. The molecular formula is C23H17ClN2O2. The van der Waals surface area contributed by atoms with Crippen LogP contribution in [0.25, 0.3) is 11.1 Å². The third kappa shape index (κ3) is 3.82. The summed E-state index contributed by atoms with van der Waals surface area (Å²) < 4.78 is 7.78. The Morgan fingerprint density at radius 1 is 0.821 bits per heavy atom. The van der Waals surface area contributed by atoms with E-state index in [2.05, 4.69) is 5.10 Å². The molecule has 4 aromatic rings. The second kappa shape index (κ2) is 8.11. The molecule has 4 rings (SSSR count). The van der Waals surface area contributed by atoms with Crippen molar-refractivity contribution >= 4 is 11.6 Å². The zero-order valence-corrected chi connectivity index (χ0v) is 15.7. The molecule has 3 aromatic carbocycles. The van der Waals surface area contributed by atoms with Crippen molar-refractivity contribution < 1.29 is 4.74 Å². The normalized spacial score (nSPS) is 10.6. The lowest BCUT2D eigenvalue weighted by molar-refractivity contribution is 0.411. The number of hydrogen-bond donors (Lipinski definition) is 0. The van der Waals surface area contributed by atoms with Crippen molar-refractivity contribution in [1.29, 1.82) is 0 Å². The lowest BCUT2D eigenvalue weighted by atomic mass is 10.1. The minimum Gasteiger partial charge on any atom is -0.439 e. The number of rotatable bonds is 5. The molecule has 0 N–H and O–H groups in total. The van der Waals surface area contributed by atoms with Crippen molar-refractivity contribution in [2.24, 2.45) is 0 Å². The van der Waals surface area contributed by atoms with Gasteiger partial charge in [0.25, 0.3) is 0 Å². The first-order valence-corrected chi connectivity index (χ1v) is 9.23. The highest BCUT2D eigenvalue weighted by Crippen LogP contribution is 2.31. The van der Waals surface area contributed by atoms with Gasteiger partial charge in [-0.15, -0.1) is 0 Å². The fourth-order valence-electron chi connectivity index (χ4n) is 2.95. The zero-order chi connectivity index (χ0) is 19.3. The van der Waals surface area contributed by atoms with E-state index in [9.17, 15) is 4.79 Å². The van der Waals surface area contributed by atoms with Crippen LogP contribution in [0.15, 0.2) is 95.8 Å². The first-order chi connectivity index (χ1) is 13.7. The summed E-state index contributed by atoms with van der Waals surface area (Å²) in [5, 5.41) is 4.21. The summed E-state index contributed by atoms with van der Waals surface area (Å²) in [4.78, 5) is 12.9. The molecule has 0 saturated heterocycles. The third-order valence-electron chi connectivity index (χ3n) is 4.27. The molecule has 1 heterocycles. The van der Waals surface area contributed by atoms with Crippen molar-refractivity contribution in [2.75, 3.05) is 0 Å². The van der Waals surface area contributed by atoms with E-state index in [0.29, 0.717) is 23.7 Å². The third-order valence-corrected chi connectivity index (χ3v) is 4.51. The summed E-state index contributed by atoms with van der Waals surface area (Å²) >= 11 is 6.21. The topological polar surface area (TPSA) is 44.1 Å². The molecular weight excluding hydrogens is 372 g/mol. The molecule has 0 aliphatic rings. The molecule has 4 nitrogen and oxygen atoms in total. The molecule has 28 heavy (non-hydrogen) atoms. The fraction of sp³-hybridized carbons (Fsp3) is 0.0435. The maximum atomic E-state index is 12.9. The largest absolute Gasteiger partial charge is 0.439 e. The minimum atomic E-state index is -0.358. The number of aromatic nitrogens is 2. The van der Waals surface area contributed by atoms with Gasteiger partial charge in [0.05, 0.1) is 12.1 Å². The van der Waals surface area contributed by atoms with Crippen LogP contribution in [0.4, 0.5) is 0 Å². The molecule has 5 heteroatoms. The van der Waals surface area contributed by atoms with E-state index in [1.165, 1.54) is 0 Å². The zero-order valence-electron chi connectivity index (χ0n) is 15.0. The first kappa shape index (κ1) is 18.0. The average molecular weight is 389 g/mol. The van der Waals surface area contributed by atoms with E-state index >= 15 is 0 Å². The standard InChI is InChI=1S/C23H17ClN2O2/c24-22-21(27)20(18-12-6-2-7-13-18)23(28-19-14-8-3-9-15-19)26(25-22)16-17-10-4-1-5-11-17/h1-15H,16H2. The van der Waals surface area contributed by atoms with E-state index in [-0.39, 0.29) is 10.6 Å². The molecule has 0 bridgehead atoms. The molecule has 0 fully saturated rings. The molecule has 0 radical (unpaired) electrons. The molecule has 0 unspecified atom stereocenters. The summed E-state index contributed by atoms with van der Waals surface area (Å²) in [5.74, 6) is 0.973. The van der Waals surface area contributed by atoms with Gasteiger partial charge in [0.15, 0.2) is 5.15 Å². The number of hydrogen-bond acceptors (Lipinski definition) is 3. The molecule has 1 aromatic heterocycles. The quantitative estimate of drug-likeness (QED) is 0.459. The number of nitrogens with zero attached hydrogens (tertiary/aromatic N) is 2. The lowest BCUT2D eigenvalue weighted by Crippen LogP contribution is -2.18. The Bertz CT molecular complexity index is 1130. The second-order valence-corrected chi connectivity index (χ2v) is 6.58. The Morgan fingerprint density at radius 3 is 2.04 bits per heavy atom. The van der Waals surface area contributed by atoms with E-state index in [1.54, 1.807) is 4.68 Å². The van der Waals surface area contributed by atoms with Crippen LogP contribution in [0.2, 0.25) is 5.15 Å². The van der Waals surface area contributed by atoms with Crippen molar-refractivity contribution in [3.63, 3.8) is 0 Å². The van der Waals surface area contributed by atoms with Crippen LogP contribution in [0.5, 0.6) is 11.6 Å². The van der Waals surface area contributed by atoms with Crippen LogP contribution >= 0.6 is 11.6 Å². The van der Waals surface area contributed by atoms with Crippen molar-refractivity contribution in [3.05, 3.63) is 112 Å². The number of benzene rings is 3. The summed E-state index contributed by atoms with van der Waals surface area (Å²) in [6, 6.07) is 28.5. The Balaban J connectivity index is 1.92. The smallest absolute Gasteiger partial charge is 0.230 e. The SMILES string of the molecule is O=c1c(Cl)nn(Cc2ccccc2)c(Oc2ccccc2)c1-c1ccccc1. The summed E-state index contributed by atoms with van der Waals surface area (Å²) in [5.41, 5.74) is 1.78. The van der Waals surface area contributed by atoms with Crippen molar-refractivity contribution in [2.45, 2.75) is 6.54 Å². The number of para-hydroxylation sites is 1. The Labute approximate surface area is 167 Å². The molecule has 138 valence electrons. The molecule has 0 aliphatic heterocycles. The van der Waals surface area contributed by atoms with Crippen LogP contribution in [0, 0.1) is 0 Å². The van der Waals surface area contributed by atoms with Gasteiger partial charge in [-0.25, -0.2) is 4.68 Å². The summed E-state index contributed by atoms with van der Waals surface area (Å²) in [6.07, 6.45) is 0. The summed E-state index contributed by atoms with van der Waals surface area (Å²) in [7, 11) is 0. The predicted molar refractivity (Wildman–Crippen MR) is 111 cm³/mol. The molecule has 0 aliphatic carbocycles. The van der Waals surface area contributed by atoms with Gasteiger partial charge in [-0.05, 0) is 23.3 Å². The van der Waals surface area contributed by atoms with Gasteiger partial charge in [0, 0.05) is 0 Å². The molecule has 0 amide bonds. The number of halogens is 1. The van der Waals surface area contributed by atoms with Crippen molar-refractivity contribution in [1.82, 2.24) is 9.78 Å². The van der Waals surface area contributed by atoms with Gasteiger partial charge in [-0.1, -0.05) is 90.5 Å². The van der Waals surface area contributed by atoms with Crippen LogP contribution in [-0.4, -0.2) is 9.78 Å². The minimum absolute atomic E-state index is 0.0878. The maximum absolute atomic E-state index is 12.9. The van der Waals surface area contributed by atoms with Crippen LogP contribution < -0.4 is 10.2 Å². The highest BCUT2D eigenvalue weighted by molar-refractivity contribution is 6.29. The van der Waals surface area contributed by atoms with Gasteiger partial charge < -0.3 is 4.74 Å². The van der Waals surface area contributed by atoms with E-state index < -0.39 is 0 Å². The predicted octanol–water partition coefficient (Wildman–Crippen LogP) is 5.40. The highest BCUT2D eigenvalue weighted by Gasteiger charge is 2.20. The van der Waals surface area contributed by atoms with Gasteiger partial charge in [0.2, 0.25) is 11.3 Å². The van der Waals surface area contributed by atoms with Gasteiger partial charge >= 0.3 is 0 Å². The number of ether oxygens (including phenoxy) is 1. The van der Waals surface area contributed by atoms with E-state index in [4.69, 9.17) is 16.3 Å². The van der Waals surface area contributed by atoms with Gasteiger partial charge in [0.1, 0.15) is 5.75 Å². The monoisotopic (exact) mass is 388 g/mol. The van der Waals surface area contributed by atoms with Crippen LogP contribution in [-0.2, 0) is 6.54 Å². The Hall–Kier alpha value is -3.37. The highest BCUT2D eigenvalue weighted by atomic mass is 35.5. The maximum Gasteiger partial charge on any atom is 0.230 e. The first-order valence-electron chi connectivity index (χ1n) is 8.85. The van der Waals surface area contributed by atoms with Crippen LogP contribution in [0.1, 0.15) is 5.56 Å². The Morgan fingerprint density at radius 2 is 1.39 bits per heavy atom. The Kier molecular flexibility index (Phi) is 5.22. The van der Waals surface area contributed by atoms with E-state index in [0.717, 1.165) is 11.1 Å². The molecule has 0 saturated carbocycles. The fourth-order valence-corrected chi connectivity index (χ4v) is 3.14. The lowest BCUT2D eigenvalue weighted by Gasteiger charge is -2.17. The van der Waals surface area contributed by atoms with Crippen molar-refractivity contribution in [3.8, 4) is 22.8 Å². The average Bonchev–Trinajstić information content (AvgIpc) is 2.74. The molecule has 0 spiro atoms. The van der Waals surface area contributed by atoms with Gasteiger partial charge in [-0.3, -0.25) is 4.79 Å².